The van der Waals surface area contributed by atoms with Crippen molar-refractivity contribution in [2.45, 2.75) is 89.7 Å². The van der Waals surface area contributed by atoms with Crippen molar-refractivity contribution in [2.24, 2.45) is 0 Å². The van der Waals surface area contributed by atoms with Crippen molar-refractivity contribution < 1.29 is 9.90 Å². The summed E-state index contributed by atoms with van der Waals surface area (Å²) in [6.07, 6.45) is 11.5. The summed E-state index contributed by atoms with van der Waals surface area (Å²) in [7, 11) is 0. The fraction of sp³-hybridized carbons (Fsp3) is 0.600. The largest absolute Gasteiger partial charge is 0.389 e. The zero-order chi connectivity index (χ0) is 22.8. The van der Waals surface area contributed by atoms with Crippen LogP contribution in [0.25, 0.3) is 0 Å². The van der Waals surface area contributed by atoms with Gasteiger partial charge in [-0.1, -0.05) is 68.3 Å². The van der Waals surface area contributed by atoms with Gasteiger partial charge in [0.25, 0.3) is 0 Å². The van der Waals surface area contributed by atoms with E-state index in [0.717, 1.165) is 62.9 Å². The maximum absolute atomic E-state index is 12.5. The van der Waals surface area contributed by atoms with E-state index < -0.39 is 6.10 Å². The van der Waals surface area contributed by atoms with Gasteiger partial charge in [0.15, 0.2) is 5.82 Å². The lowest BCUT2D eigenvalue weighted by atomic mass is 9.98. The average molecular weight is 440 g/mol. The van der Waals surface area contributed by atoms with Gasteiger partial charge in [0, 0.05) is 25.8 Å². The molecular formula is C25H37N5O2. The number of unbranched alkanes of at least 4 members (excludes halogenated alkanes) is 3. The monoisotopic (exact) mass is 439 g/mol. The first-order chi connectivity index (χ1) is 15.5. The summed E-state index contributed by atoms with van der Waals surface area (Å²) in [5, 5.41) is 24.5. The van der Waals surface area contributed by atoms with Crippen molar-refractivity contribution in [3.63, 3.8) is 0 Å². The molecule has 1 saturated heterocycles. The standard InChI is InChI=1S/C25H37N5O2/c1-19(2)21-13-11-20(12-14-21)18-23(31)16-15-22-8-7-10-25(32)30(22)17-6-4-3-5-9-24-26-28-29-27-24/h11-16,19,22-23,31H,3-10,17-18H2,1-2H3,(H,26,27,28,29)/t22-,23?/m1/s1. The molecule has 1 aliphatic heterocycles. The zero-order valence-corrected chi connectivity index (χ0v) is 19.4. The highest BCUT2D eigenvalue weighted by molar-refractivity contribution is 5.77. The Labute approximate surface area is 191 Å². The Morgan fingerprint density at radius 1 is 1.19 bits per heavy atom. The number of benzene rings is 1. The van der Waals surface area contributed by atoms with E-state index in [9.17, 15) is 9.90 Å². The van der Waals surface area contributed by atoms with E-state index in [0.29, 0.717) is 18.8 Å². The molecule has 1 aromatic heterocycles. The second-order valence-corrected chi connectivity index (χ2v) is 9.09. The molecule has 2 heterocycles. The molecule has 2 aromatic rings. The van der Waals surface area contributed by atoms with E-state index in [2.05, 4.69) is 58.7 Å². The van der Waals surface area contributed by atoms with Gasteiger partial charge in [0.1, 0.15) is 0 Å². The number of likely N-dealkylation sites (tertiary alicyclic amines) is 1. The van der Waals surface area contributed by atoms with Gasteiger partial charge in [-0.2, -0.15) is 5.21 Å². The van der Waals surface area contributed by atoms with E-state index in [-0.39, 0.29) is 11.9 Å². The van der Waals surface area contributed by atoms with Crippen LogP contribution in [0.2, 0.25) is 0 Å². The van der Waals surface area contributed by atoms with Crippen LogP contribution in [0.1, 0.15) is 81.7 Å². The van der Waals surface area contributed by atoms with Crippen molar-refractivity contribution in [2.75, 3.05) is 6.54 Å². The number of carbonyl (C=O) groups excluding carboxylic acids is 1. The number of aliphatic hydroxyl groups is 1. The summed E-state index contributed by atoms with van der Waals surface area (Å²) in [6.45, 7) is 5.14. The third-order valence-electron chi connectivity index (χ3n) is 6.20. The van der Waals surface area contributed by atoms with Crippen LogP contribution < -0.4 is 0 Å². The number of carbonyl (C=O) groups is 1. The highest BCUT2D eigenvalue weighted by Crippen LogP contribution is 2.21. The van der Waals surface area contributed by atoms with Crippen LogP contribution in [0.5, 0.6) is 0 Å². The summed E-state index contributed by atoms with van der Waals surface area (Å²) >= 11 is 0. The molecule has 1 aliphatic rings. The van der Waals surface area contributed by atoms with E-state index in [4.69, 9.17) is 0 Å². The number of tetrazole rings is 1. The lowest BCUT2D eigenvalue weighted by molar-refractivity contribution is -0.135. The van der Waals surface area contributed by atoms with E-state index in [1.165, 1.54) is 5.56 Å². The van der Waals surface area contributed by atoms with E-state index in [1.807, 2.05) is 17.1 Å². The number of aromatic amines is 1. The van der Waals surface area contributed by atoms with E-state index >= 15 is 0 Å². The molecule has 0 spiro atoms. The fourth-order valence-electron chi connectivity index (χ4n) is 4.25. The van der Waals surface area contributed by atoms with Crippen LogP contribution in [-0.4, -0.2) is 55.2 Å². The second kappa shape index (κ2) is 12.5. The first-order valence-electron chi connectivity index (χ1n) is 12.0. The Morgan fingerprint density at radius 3 is 2.69 bits per heavy atom. The molecule has 1 unspecified atom stereocenters. The second-order valence-electron chi connectivity index (χ2n) is 9.09. The number of aromatic nitrogens is 4. The molecule has 2 atom stereocenters. The zero-order valence-electron chi connectivity index (χ0n) is 19.4. The number of hydrogen-bond donors (Lipinski definition) is 2. The maximum atomic E-state index is 12.5. The van der Waals surface area contributed by atoms with Crippen molar-refractivity contribution in [3.8, 4) is 0 Å². The normalized spacial score (nSPS) is 18.1. The summed E-state index contributed by atoms with van der Waals surface area (Å²) in [5.74, 6) is 1.50. The molecule has 1 fully saturated rings. The summed E-state index contributed by atoms with van der Waals surface area (Å²) in [5.41, 5.74) is 2.44. The lowest BCUT2D eigenvalue weighted by Gasteiger charge is -2.34. The number of hydrogen-bond acceptors (Lipinski definition) is 5. The smallest absolute Gasteiger partial charge is 0.223 e. The number of piperidine rings is 1. The summed E-state index contributed by atoms with van der Waals surface area (Å²) in [6, 6.07) is 8.57. The molecule has 3 rings (SSSR count). The third-order valence-corrected chi connectivity index (χ3v) is 6.20. The Morgan fingerprint density at radius 2 is 1.97 bits per heavy atom. The van der Waals surface area contributed by atoms with E-state index in [1.54, 1.807) is 0 Å². The molecule has 0 radical (unpaired) electrons. The van der Waals surface area contributed by atoms with Gasteiger partial charge in [-0.05, 0) is 42.7 Å². The van der Waals surface area contributed by atoms with Crippen LogP contribution in [0.4, 0.5) is 0 Å². The Balaban J connectivity index is 1.43. The molecule has 32 heavy (non-hydrogen) atoms. The Kier molecular flexibility index (Phi) is 9.41. The van der Waals surface area contributed by atoms with Gasteiger partial charge >= 0.3 is 0 Å². The number of aliphatic hydroxyl groups excluding tert-OH is 1. The minimum Gasteiger partial charge on any atom is -0.389 e. The van der Waals surface area contributed by atoms with Crippen LogP contribution in [0.15, 0.2) is 36.4 Å². The quantitative estimate of drug-likeness (QED) is 0.385. The van der Waals surface area contributed by atoms with Gasteiger partial charge in [0.05, 0.1) is 12.1 Å². The molecule has 1 amide bonds. The molecule has 7 nitrogen and oxygen atoms in total. The molecule has 0 aliphatic carbocycles. The van der Waals surface area contributed by atoms with Gasteiger partial charge in [0.2, 0.25) is 5.91 Å². The van der Waals surface area contributed by atoms with Crippen LogP contribution in [0, 0.1) is 0 Å². The van der Waals surface area contributed by atoms with Crippen LogP contribution in [-0.2, 0) is 17.6 Å². The highest BCUT2D eigenvalue weighted by atomic mass is 16.3. The van der Waals surface area contributed by atoms with Gasteiger partial charge < -0.3 is 10.0 Å². The first kappa shape index (κ1) is 24.1. The van der Waals surface area contributed by atoms with Crippen molar-refractivity contribution in [1.82, 2.24) is 25.5 Å². The predicted octanol–water partition coefficient (Wildman–Crippen LogP) is 3.97. The lowest BCUT2D eigenvalue weighted by Crippen LogP contribution is -2.43. The third kappa shape index (κ3) is 7.55. The minimum atomic E-state index is -0.538. The van der Waals surface area contributed by atoms with Gasteiger partial charge in [-0.15, -0.1) is 10.2 Å². The number of H-pyrrole nitrogens is 1. The van der Waals surface area contributed by atoms with Crippen molar-refractivity contribution in [3.05, 3.63) is 53.4 Å². The van der Waals surface area contributed by atoms with Gasteiger partial charge in [-0.3, -0.25) is 4.79 Å². The molecule has 1 aromatic carbocycles. The fourth-order valence-corrected chi connectivity index (χ4v) is 4.25. The van der Waals surface area contributed by atoms with Crippen molar-refractivity contribution >= 4 is 5.91 Å². The maximum Gasteiger partial charge on any atom is 0.223 e. The van der Waals surface area contributed by atoms with Crippen LogP contribution >= 0.6 is 0 Å². The number of amides is 1. The molecule has 0 bridgehead atoms. The topological polar surface area (TPSA) is 95.0 Å². The number of aryl methyl sites for hydroxylation is 1. The Bertz CT molecular complexity index is 833. The molecule has 7 heteroatoms. The molecule has 2 N–H and O–H groups in total. The first-order valence-corrected chi connectivity index (χ1v) is 12.0. The molecular weight excluding hydrogens is 402 g/mol. The highest BCUT2D eigenvalue weighted by Gasteiger charge is 2.25. The SMILES string of the molecule is CC(C)c1ccc(CC(O)C=C[C@H]2CCCC(=O)N2CCCCCCc2nn[nH]n2)cc1. The number of rotatable bonds is 12. The molecule has 174 valence electrons. The Hall–Kier alpha value is -2.54. The van der Waals surface area contributed by atoms with Crippen molar-refractivity contribution in [1.29, 1.82) is 0 Å². The number of nitrogens with zero attached hydrogens (tertiary/aromatic N) is 4. The predicted molar refractivity (Wildman–Crippen MR) is 125 cm³/mol. The van der Waals surface area contributed by atoms with Gasteiger partial charge in [-0.25, -0.2) is 0 Å². The summed E-state index contributed by atoms with van der Waals surface area (Å²) < 4.78 is 0. The molecule has 0 saturated carbocycles. The average Bonchev–Trinajstić information content (AvgIpc) is 3.30. The van der Waals surface area contributed by atoms with Crippen LogP contribution in [0.3, 0.4) is 0 Å². The number of nitrogens with one attached hydrogen (secondary N) is 1. The minimum absolute atomic E-state index is 0.0912. The summed E-state index contributed by atoms with van der Waals surface area (Å²) in [4.78, 5) is 14.5.